The molecule has 5 rings (SSSR count). The monoisotopic (exact) mass is 594 g/mol. The average Bonchev–Trinajstić information content (AvgIpc) is 2.97. The molecule has 1 aliphatic rings. The first kappa shape index (κ1) is 29.4. The molecule has 0 spiro atoms. The van der Waals surface area contributed by atoms with Gasteiger partial charge in [0.15, 0.2) is 23.0 Å². The molecule has 2 heterocycles. The topological polar surface area (TPSA) is 217 Å². The highest BCUT2D eigenvalue weighted by atomic mass is 16.7. The maximum Gasteiger partial charge on any atom is 0.331 e. The van der Waals surface area contributed by atoms with Crippen LogP contribution in [0, 0.1) is 0 Å². The number of aromatic hydroxyl groups is 4. The highest BCUT2D eigenvalue weighted by Gasteiger charge is 2.48. The average molecular weight is 595 g/mol. The van der Waals surface area contributed by atoms with E-state index in [1.54, 1.807) is 12.1 Å². The lowest BCUT2D eigenvalue weighted by atomic mass is 9.99. The highest BCUT2D eigenvalue weighted by molar-refractivity contribution is 5.87. The third kappa shape index (κ3) is 6.24. The molecule has 7 N–H and O–H groups in total. The number of phenolic OH excluding ortho intramolecular Hbond substituents is 4. The summed E-state index contributed by atoms with van der Waals surface area (Å²) in [7, 11) is 0. The van der Waals surface area contributed by atoms with E-state index in [1.807, 2.05) is 0 Å². The van der Waals surface area contributed by atoms with E-state index >= 15 is 0 Å². The normalized spacial score (nSPS) is 22.1. The molecule has 1 aliphatic heterocycles. The predicted octanol–water partition coefficient (Wildman–Crippen LogP) is 1.73. The number of esters is 1. The number of rotatable bonds is 7. The lowest BCUT2D eigenvalue weighted by molar-refractivity contribution is -0.281. The fraction of sp³-hybridized carbons (Fsp3) is 0.200. The summed E-state index contributed by atoms with van der Waals surface area (Å²) in [6, 6.07) is 13.0. The van der Waals surface area contributed by atoms with Crippen LogP contribution in [0.1, 0.15) is 5.56 Å². The fourth-order valence-electron chi connectivity index (χ4n) is 4.46. The van der Waals surface area contributed by atoms with Crippen molar-refractivity contribution in [3.63, 3.8) is 0 Å². The van der Waals surface area contributed by atoms with Crippen LogP contribution in [0.2, 0.25) is 0 Å². The summed E-state index contributed by atoms with van der Waals surface area (Å²) in [5.74, 6) is -2.46. The maximum absolute atomic E-state index is 12.8. The van der Waals surface area contributed by atoms with Gasteiger partial charge in [-0.1, -0.05) is 12.1 Å². The molecule has 1 saturated heterocycles. The van der Waals surface area contributed by atoms with E-state index in [0.29, 0.717) is 5.56 Å². The number of benzene rings is 3. The number of carbonyl (C=O) groups excluding carboxylic acids is 1. The minimum atomic E-state index is -1.76. The van der Waals surface area contributed by atoms with Gasteiger partial charge in [0, 0.05) is 29.8 Å². The van der Waals surface area contributed by atoms with Gasteiger partial charge in [0.2, 0.25) is 6.29 Å². The van der Waals surface area contributed by atoms with E-state index in [0.717, 1.165) is 18.2 Å². The predicted molar refractivity (Wildman–Crippen MR) is 148 cm³/mol. The third-order valence-electron chi connectivity index (χ3n) is 6.68. The summed E-state index contributed by atoms with van der Waals surface area (Å²) in [5, 5.41) is 70.0. The van der Waals surface area contributed by atoms with E-state index < -0.39 is 60.2 Å². The second kappa shape index (κ2) is 12.0. The van der Waals surface area contributed by atoms with Gasteiger partial charge in [0.1, 0.15) is 52.3 Å². The summed E-state index contributed by atoms with van der Waals surface area (Å²) in [5.41, 5.74) is 0.0165. The van der Waals surface area contributed by atoms with Gasteiger partial charge in [0.25, 0.3) is 0 Å². The largest absolute Gasteiger partial charge is 0.508 e. The molecule has 0 aliphatic carbocycles. The van der Waals surface area contributed by atoms with Crippen LogP contribution < -0.4 is 10.2 Å². The molecule has 1 aromatic heterocycles. The van der Waals surface area contributed by atoms with Crippen LogP contribution in [-0.2, 0) is 14.3 Å². The molecule has 0 unspecified atom stereocenters. The van der Waals surface area contributed by atoms with Gasteiger partial charge in [-0.3, -0.25) is 4.79 Å². The number of aliphatic hydroxyl groups excluding tert-OH is 3. The van der Waals surface area contributed by atoms with E-state index in [4.69, 9.17) is 18.6 Å². The summed E-state index contributed by atoms with van der Waals surface area (Å²) in [6.45, 7) is -0.722. The van der Waals surface area contributed by atoms with Crippen LogP contribution >= 0.6 is 0 Å². The second-order valence-electron chi connectivity index (χ2n) is 9.64. The Morgan fingerprint density at radius 3 is 2.33 bits per heavy atom. The minimum absolute atomic E-state index is 0.00984. The van der Waals surface area contributed by atoms with Crippen molar-refractivity contribution in [1.82, 2.24) is 0 Å². The molecule has 4 aromatic rings. The van der Waals surface area contributed by atoms with Gasteiger partial charge in [-0.15, -0.1) is 0 Å². The van der Waals surface area contributed by atoms with Crippen molar-refractivity contribution in [2.45, 2.75) is 30.7 Å². The van der Waals surface area contributed by atoms with Gasteiger partial charge in [-0.25, -0.2) is 4.79 Å². The van der Waals surface area contributed by atoms with Gasteiger partial charge < -0.3 is 54.4 Å². The number of aliphatic hydroxyl groups is 3. The van der Waals surface area contributed by atoms with Crippen molar-refractivity contribution in [1.29, 1.82) is 0 Å². The number of phenols is 4. The lowest BCUT2D eigenvalue weighted by Crippen LogP contribution is -2.61. The molecule has 13 heteroatoms. The van der Waals surface area contributed by atoms with E-state index in [2.05, 4.69) is 0 Å². The molecule has 224 valence electrons. The first-order chi connectivity index (χ1) is 20.5. The minimum Gasteiger partial charge on any atom is -0.508 e. The molecule has 5 atom stereocenters. The SMILES string of the molecule is O=C(/C=C/c1ccc(O)cc1)O[C@@H]1[C@H](Oc2cc(O)c3c(=O)cc(-c4ccc(O)c(O)c4)oc3c2)O[C@H](CO)[C@@H](O)[C@@H]1O. The van der Waals surface area contributed by atoms with Gasteiger partial charge in [-0.2, -0.15) is 0 Å². The summed E-state index contributed by atoms with van der Waals surface area (Å²) >= 11 is 0. The van der Waals surface area contributed by atoms with Crippen LogP contribution in [0.4, 0.5) is 0 Å². The molecule has 0 amide bonds. The molecule has 43 heavy (non-hydrogen) atoms. The van der Waals surface area contributed by atoms with Crippen LogP contribution in [0.3, 0.4) is 0 Å². The van der Waals surface area contributed by atoms with Crippen molar-refractivity contribution in [3.8, 4) is 40.1 Å². The Kier molecular flexibility index (Phi) is 8.23. The quantitative estimate of drug-likeness (QED) is 0.0923. The number of hydrogen-bond acceptors (Lipinski definition) is 13. The van der Waals surface area contributed by atoms with Gasteiger partial charge >= 0.3 is 5.97 Å². The molecule has 3 aromatic carbocycles. The third-order valence-corrected chi connectivity index (χ3v) is 6.68. The first-order valence-electron chi connectivity index (χ1n) is 12.8. The van der Waals surface area contributed by atoms with E-state index in [-0.39, 0.29) is 39.5 Å². The van der Waals surface area contributed by atoms with Crippen molar-refractivity contribution < 1.29 is 59.2 Å². The molecular weight excluding hydrogens is 568 g/mol. The molecule has 0 saturated carbocycles. The zero-order valence-corrected chi connectivity index (χ0v) is 22.1. The molecule has 13 nitrogen and oxygen atoms in total. The van der Waals surface area contributed by atoms with Gasteiger partial charge in [0.05, 0.1) is 6.61 Å². The molecular formula is C30H26O13. The lowest BCUT2D eigenvalue weighted by Gasteiger charge is -2.41. The highest BCUT2D eigenvalue weighted by Crippen LogP contribution is 2.35. The van der Waals surface area contributed by atoms with Crippen molar-refractivity contribution in [3.05, 3.63) is 82.5 Å². The van der Waals surface area contributed by atoms with Crippen molar-refractivity contribution in [2.75, 3.05) is 6.61 Å². The van der Waals surface area contributed by atoms with Crippen LogP contribution in [-0.4, -0.2) is 79.0 Å². The fourth-order valence-corrected chi connectivity index (χ4v) is 4.46. The summed E-state index contributed by atoms with van der Waals surface area (Å²) < 4.78 is 22.5. The van der Waals surface area contributed by atoms with Crippen molar-refractivity contribution in [2.24, 2.45) is 0 Å². The zero-order chi connectivity index (χ0) is 30.8. The smallest absolute Gasteiger partial charge is 0.331 e. The molecule has 0 radical (unpaired) electrons. The van der Waals surface area contributed by atoms with Crippen LogP contribution in [0.25, 0.3) is 28.4 Å². The number of hydrogen-bond donors (Lipinski definition) is 7. The Bertz CT molecular complexity index is 1730. The molecule has 0 bridgehead atoms. The van der Waals surface area contributed by atoms with Crippen molar-refractivity contribution >= 4 is 23.0 Å². The Morgan fingerprint density at radius 2 is 1.63 bits per heavy atom. The summed E-state index contributed by atoms with van der Waals surface area (Å²) in [4.78, 5) is 25.4. The zero-order valence-electron chi connectivity index (χ0n) is 22.1. The Morgan fingerprint density at radius 1 is 0.884 bits per heavy atom. The Labute approximate surface area is 242 Å². The standard InChI is InChI=1S/C30H26O13/c31-13-24-27(38)28(39)29(43-25(37)8-3-14-1-5-16(32)6-2-14)30(42-24)40-17-10-20(35)26-21(36)12-22(41-23(26)11-17)15-4-7-18(33)19(34)9-15/h1-12,24,27-35,38-39H,13H2/b8-3+/t24-,27-,28+,29+,30-/m1/s1. The number of carbonyl (C=O) groups is 1. The number of fused-ring (bicyclic) bond motifs is 1. The first-order valence-corrected chi connectivity index (χ1v) is 12.8. The Balaban J connectivity index is 1.44. The van der Waals surface area contributed by atoms with E-state index in [9.17, 15) is 45.3 Å². The summed E-state index contributed by atoms with van der Waals surface area (Å²) in [6.07, 6.45) is -5.55. The maximum atomic E-state index is 12.8. The Hall–Kier alpha value is -5.08. The van der Waals surface area contributed by atoms with Crippen LogP contribution in [0.5, 0.6) is 28.7 Å². The van der Waals surface area contributed by atoms with E-state index in [1.165, 1.54) is 42.5 Å². The second-order valence-corrected chi connectivity index (χ2v) is 9.64. The van der Waals surface area contributed by atoms with Gasteiger partial charge in [-0.05, 0) is 42.0 Å². The molecule has 1 fully saturated rings. The number of ether oxygens (including phenoxy) is 3. The van der Waals surface area contributed by atoms with Crippen LogP contribution in [0.15, 0.2) is 76.0 Å².